The van der Waals surface area contributed by atoms with Gasteiger partial charge in [-0.2, -0.15) is 0 Å². The summed E-state index contributed by atoms with van der Waals surface area (Å²) in [5.74, 6) is 0.169. The van der Waals surface area contributed by atoms with Crippen LogP contribution in [-0.4, -0.2) is 30.9 Å². The Morgan fingerprint density at radius 1 is 0.848 bits per heavy atom. The summed E-state index contributed by atoms with van der Waals surface area (Å²) >= 11 is 0. The van der Waals surface area contributed by atoms with Crippen LogP contribution in [0.1, 0.15) is 90.0 Å². The molecule has 1 N–H and O–H groups in total. The van der Waals surface area contributed by atoms with Gasteiger partial charge in [0.25, 0.3) is 0 Å². The number of carbonyl (C=O) groups is 1. The quantitative estimate of drug-likeness (QED) is 0.514. The Morgan fingerprint density at radius 2 is 1.30 bits per heavy atom. The minimum absolute atomic E-state index is 0.115. The van der Waals surface area contributed by atoms with E-state index in [-0.39, 0.29) is 35.0 Å². The Balaban J connectivity index is 1.87. The van der Waals surface area contributed by atoms with E-state index in [1.165, 1.54) is 22.3 Å². The first-order chi connectivity index (χ1) is 15.3. The van der Waals surface area contributed by atoms with Gasteiger partial charge in [0.2, 0.25) is 0 Å². The van der Waals surface area contributed by atoms with E-state index in [2.05, 4.69) is 95.4 Å². The fraction of sp³-hybridized carbons (Fsp3) is 0.552. The summed E-state index contributed by atoms with van der Waals surface area (Å²) in [4.78, 5) is 12.0. The summed E-state index contributed by atoms with van der Waals surface area (Å²) in [6.07, 6.45) is -0.206. The van der Waals surface area contributed by atoms with Crippen LogP contribution in [0.3, 0.4) is 0 Å². The molecule has 0 aliphatic carbocycles. The summed E-state index contributed by atoms with van der Waals surface area (Å²) in [6, 6.07) is 18.2. The Hall–Kier alpha value is -2.33. The van der Waals surface area contributed by atoms with E-state index in [0.29, 0.717) is 6.54 Å². The molecule has 0 saturated carbocycles. The van der Waals surface area contributed by atoms with E-state index in [1.807, 2.05) is 13.8 Å². The largest absolute Gasteiger partial charge is 0.508 e. The number of carbonyl (C=O) groups excluding carboxylic acids is 1. The van der Waals surface area contributed by atoms with Crippen LogP contribution in [0.5, 0.6) is 0 Å². The molecule has 1 aliphatic rings. The van der Waals surface area contributed by atoms with E-state index in [1.54, 1.807) is 0 Å². The third kappa shape index (κ3) is 6.60. The van der Waals surface area contributed by atoms with Crippen LogP contribution < -0.4 is 5.32 Å². The first-order valence-electron chi connectivity index (χ1n) is 12.2. The molecule has 180 valence electrons. The molecule has 2 aromatic carbocycles. The molecular formula is C29H41NO3. The highest BCUT2D eigenvalue weighted by Gasteiger charge is 2.35. The van der Waals surface area contributed by atoms with Crippen LogP contribution in [0.4, 0.5) is 4.79 Å². The Labute approximate surface area is 200 Å². The number of hydrogen-bond donors (Lipinski definition) is 1. The molecule has 1 aliphatic heterocycles. The van der Waals surface area contributed by atoms with E-state index in [0.717, 1.165) is 6.42 Å². The summed E-state index contributed by atoms with van der Waals surface area (Å²) < 4.78 is 10.8. The normalized spacial score (nSPS) is 19.2. The minimum Gasteiger partial charge on any atom is -0.432 e. The zero-order valence-electron chi connectivity index (χ0n) is 21.6. The fourth-order valence-corrected chi connectivity index (χ4v) is 4.47. The Morgan fingerprint density at radius 3 is 1.70 bits per heavy atom. The lowest BCUT2D eigenvalue weighted by Gasteiger charge is -2.27. The highest BCUT2D eigenvalue weighted by Crippen LogP contribution is 2.35. The van der Waals surface area contributed by atoms with Crippen molar-refractivity contribution < 1.29 is 14.3 Å². The molecule has 4 heteroatoms. The van der Waals surface area contributed by atoms with Crippen molar-refractivity contribution in [2.24, 2.45) is 0 Å². The van der Waals surface area contributed by atoms with Crippen molar-refractivity contribution in [1.29, 1.82) is 0 Å². The van der Waals surface area contributed by atoms with Gasteiger partial charge >= 0.3 is 6.16 Å². The van der Waals surface area contributed by atoms with Crippen molar-refractivity contribution >= 4 is 6.16 Å². The van der Waals surface area contributed by atoms with Crippen LogP contribution in [0, 0.1) is 0 Å². The van der Waals surface area contributed by atoms with Crippen LogP contribution in [0.25, 0.3) is 0 Å². The van der Waals surface area contributed by atoms with Gasteiger partial charge in [0, 0.05) is 24.9 Å². The number of benzene rings is 2. The second kappa shape index (κ2) is 9.89. The molecule has 2 aromatic rings. The molecule has 0 aromatic heterocycles. The molecule has 33 heavy (non-hydrogen) atoms. The molecule has 1 fully saturated rings. The summed E-state index contributed by atoms with van der Waals surface area (Å²) in [5.41, 5.74) is 5.42. The first-order valence-corrected chi connectivity index (χ1v) is 12.2. The van der Waals surface area contributed by atoms with Gasteiger partial charge in [-0.25, -0.2) is 4.79 Å². The van der Waals surface area contributed by atoms with E-state index >= 15 is 0 Å². The topological polar surface area (TPSA) is 47.6 Å². The van der Waals surface area contributed by atoms with Gasteiger partial charge in [-0.15, -0.1) is 0 Å². The van der Waals surface area contributed by atoms with Gasteiger partial charge in [-0.3, -0.25) is 0 Å². The predicted octanol–water partition coefficient (Wildman–Crippen LogP) is 6.71. The van der Waals surface area contributed by atoms with E-state index < -0.39 is 6.16 Å². The lowest BCUT2D eigenvalue weighted by atomic mass is 9.80. The molecule has 4 nitrogen and oxygen atoms in total. The Kier molecular flexibility index (Phi) is 7.58. The highest BCUT2D eigenvalue weighted by molar-refractivity contribution is 5.60. The molecule has 2 atom stereocenters. The van der Waals surface area contributed by atoms with Crippen LogP contribution >= 0.6 is 0 Å². The van der Waals surface area contributed by atoms with Crippen molar-refractivity contribution in [3.63, 3.8) is 0 Å². The zero-order chi connectivity index (χ0) is 24.4. The maximum Gasteiger partial charge on any atom is 0.508 e. The zero-order valence-corrected chi connectivity index (χ0v) is 21.6. The molecule has 0 amide bonds. The molecule has 0 unspecified atom stereocenters. The van der Waals surface area contributed by atoms with E-state index in [4.69, 9.17) is 9.47 Å². The third-order valence-electron chi connectivity index (χ3n) is 6.39. The summed E-state index contributed by atoms with van der Waals surface area (Å²) in [7, 11) is 0. The first kappa shape index (κ1) is 25.3. The Bertz CT molecular complexity index is 860. The number of nitrogens with one attached hydrogen (secondary N) is 1. The van der Waals surface area contributed by atoms with E-state index in [9.17, 15) is 4.79 Å². The van der Waals surface area contributed by atoms with Gasteiger partial charge < -0.3 is 14.8 Å². The van der Waals surface area contributed by atoms with Gasteiger partial charge in [0.15, 0.2) is 0 Å². The monoisotopic (exact) mass is 451 g/mol. The van der Waals surface area contributed by atoms with Crippen molar-refractivity contribution in [2.45, 2.75) is 96.8 Å². The average Bonchev–Trinajstić information content (AvgIpc) is 3.14. The van der Waals surface area contributed by atoms with Gasteiger partial charge in [-0.05, 0) is 46.9 Å². The maximum atomic E-state index is 12.0. The maximum absolute atomic E-state index is 12.0. The number of hydrogen-bond acceptors (Lipinski definition) is 4. The van der Waals surface area contributed by atoms with Crippen molar-refractivity contribution in [2.75, 3.05) is 6.54 Å². The summed E-state index contributed by atoms with van der Waals surface area (Å²) in [5, 5.41) is 3.62. The standard InChI is InChI=1S/C29H41NO3/c1-19(2)32-27(31)33-24-17-25(30-18-24)26(20-9-13-22(14-10-20)28(3,4)5)21-11-15-23(16-12-21)29(6,7)8/h9-16,19,24-26,30H,17-18H2,1-8H3/t24-,25-/m1/s1. The highest BCUT2D eigenvalue weighted by atomic mass is 16.7. The predicted molar refractivity (Wildman–Crippen MR) is 135 cm³/mol. The van der Waals surface area contributed by atoms with Crippen molar-refractivity contribution in [3.8, 4) is 0 Å². The molecule has 1 heterocycles. The summed E-state index contributed by atoms with van der Waals surface area (Å²) in [6.45, 7) is 17.7. The van der Waals surface area contributed by atoms with Crippen LogP contribution in [0.2, 0.25) is 0 Å². The van der Waals surface area contributed by atoms with Crippen LogP contribution in [-0.2, 0) is 20.3 Å². The minimum atomic E-state index is -0.585. The van der Waals surface area contributed by atoms with Gasteiger partial charge in [0.05, 0.1) is 6.10 Å². The third-order valence-corrected chi connectivity index (χ3v) is 6.39. The molecule has 0 radical (unpaired) electrons. The van der Waals surface area contributed by atoms with Gasteiger partial charge in [-0.1, -0.05) is 90.1 Å². The molecule has 1 saturated heterocycles. The average molecular weight is 452 g/mol. The van der Waals surface area contributed by atoms with Gasteiger partial charge in [0.1, 0.15) is 6.10 Å². The fourth-order valence-electron chi connectivity index (χ4n) is 4.47. The molecule has 0 bridgehead atoms. The van der Waals surface area contributed by atoms with Crippen molar-refractivity contribution in [3.05, 3.63) is 70.8 Å². The smallest absolute Gasteiger partial charge is 0.432 e. The molecule has 0 spiro atoms. The van der Waals surface area contributed by atoms with Crippen molar-refractivity contribution in [1.82, 2.24) is 5.32 Å². The SMILES string of the molecule is CC(C)OC(=O)O[C@H]1CN[C@@H](C(c2ccc(C(C)(C)C)cc2)c2ccc(C(C)(C)C)cc2)C1. The second-order valence-electron chi connectivity index (χ2n) is 11.6. The lowest BCUT2D eigenvalue weighted by molar-refractivity contribution is 0.0118. The second-order valence-corrected chi connectivity index (χ2v) is 11.6. The molecular weight excluding hydrogens is 410 g/mol. The number of ether oxygens (including phenoxy) is 2. The molecule has 3 rings (SSSR count). The van der Waals surface area contributed by atoms with Crippen LogP contribution in [0.15, 0.2) is 48.5 Å². The number of rotatable bonds is 5. The lowest BCUT2D eigenvalue weighted by Crippen LogP contribution is -2.30.